The summed E-state index contributed by atoms with van der Waals surface area (Å²) in [5, 5.41) is 10.2. The SMILES string of the molecule is CCCCCCCC1Cc2cc(O)c(C(=O)OC)c(OC)c2CO1. The summed E-state index contributed by atoms with van der Waals surface area (Å²) < 4.78 is 16.1. The summed E-state index contributed by atoms with van der Waals surface area (Å²) in [7, 11) is 2.77. The van der Waals surface area contributed by atoms with Crippen LogP contribution in [0.15, 0.2) is 6.07 Å². The highest BCUT2D eigenvalue weighted by atomic mass is 16.5. The summed E-state index contributed by atoms with van der Waals surface area (Å²) in [6.45, 7) is 2.60. The third-order valence-corrected chi connectivity index (χ3v) is 4.59. The van der Waals surface area contributed by atoms with E-state index in [1.807, 2.05) is 0 Å². The highest BCUT2D eigenvalue weighted by Gasteiger charge is 2.28. The van der Waals surface area contributed by atoms with E-state index in [9.17, 15) is 9.90 Å². The zero-order valence-corrected chi connectivity index (χ0v) is 14.9. The van der Waals surface area contributed by atoms with Gasteiger partial charge in [0.1, 0.15) is 17.1 Å². The predicted octanol–water partition coefficient (Wildman–Crippen LogP) is 3.99. The average Bonchev–Trinajstić information content (AvgIpc) is 2.59. The summed E-state index contributed by atoms with van der Waals surface area (Å²) in [6.07, 6.45) is 8.10. The molecular formula is C19H28O5. The summed E-state index contributed by atoms with van der Waals surface area (Å²) in [5.41, 5.74) is 1.89. The molecule has 134 valence electrons. The normalized spacial score (nSPS) is 16.5. The number of benzene rings is 1. The number of aromatic hydroxyl groups is 1. The van der Waals surface area contributed by atoms with Crippen molar-refractivity contribution in [2.45, 2.75) is 64.6 Å². The Kier molecular flexibility index (Phi) is 6.91. The van der Waals surface area contributed by atoms with Crippen LogP contribution >= 0.6 is 0 Å². The van der Waals surface area contributed by atoms with Crippen molar-refractivity contribution in [3.05, 3.63) is 22.8 Å². The van der Waals surface area contributed by atoms with Crippen LogP contribution in [0.25, 0.3) is 0 Å². The number of hydrogen-bond acceptors (Lipinski definition) is 5. The van der Waals surface area contributed by atoms with Gasteiger partial charge in [-0.05, 0) is 24.5 Å². The van der Waals surface area contributed by atoms with Crippen LogP contribution < -0.4 is 4.74 Å². The third-order valence-electron chi connectivity index (χ3n) is 4.59. The van der Waals surface area contributed by atoms with Gasteiger partial charge in [0.15, 0.2) is 0 Å². The van der Waals surface area contributed by atoms with Gasteiger partial charge < -0.3 is 19.3 Å². The molecule has 0 spiro atoms. The molecule has 0 saturated heterocycles. The van der Waals surface area contributed by atoms with E-state index in [0.717, 1.165) is 30.4 Å². The first-order valence-electron chi connectivity index (χ1n) is 8.73. The van der Waals surface area contributed by atoms with Crippen molar-refractivity contribution in [2.24, 2.45) is 0 Å². The first-order chi connectivity index (χ1) is 11.6. The van der Waals surface area contributed by atoms with Crippen LogP contribution in [-0.4, -0.2) is 31.4 Å². The average molecular weight is 336 g/mol. The molecule has 0 aromatic heterocycles. The number of unbranched alkanes of at least 4 members (excludes halogenated alkanes) is 4. The van der Waals surface area contributed by atoms with E-state index in [4.69, 9.17) is 14.2 Å². The van der Waals surface area contributed by atoms with Gasteiger partial charge in [-0.25, -0.2) is 4.79 Å². The van der Waals surface area contributed by atoms with Crippen molar-refractivity contribution in [1.29, 1.82) is 0 Å². The Labute approximate surface area is 143 Å². The summed E-state index contributed by atoms with van der Waals surface area (Å²) >= 11 is 0. The third kappa shape index (κ3) is 4.20. The van der Waals surface area contributed by atoms with Crippen molar-refractivity contribution in [1.82, 2.24) is 0 Å². The molecule has 0 bridgehead atoms. The number of methoxy groups -OCH3 is 2. The molecule has 1 aromatic rings. The van der Waals surface area contributed by atoms with E-state index in [2.05, 4.69) is 6.92 Å². The Balaban J connectivity index is 2.09. The van der Waals surface area contributed by atoms with Crippen LogP contribution in [0, 0.1) is 0 Å². The number of phenols is 1. The van der Waals surface area contributed by atoms with Crippen molar-refractivity contribution >= 4 is 5.97 Å². The lowest BCUT2D eigenvalue weighted by Gasteiger charge is -2.28. The van der Waals surface area contributed by atoms with Gasteiger partial charge in [-0.2, -0.15) is 0 Å². The Hall–Kier alpha value is -1.75. The van der Waals surface area contributed by atoms with Crippen molar-refractivity contribution in [3.63, 3.8) is 0 Å². The maximum absolute atomic E-state index is 11.9. The quantitative estimate of drug-likeness (QED) is 0.574. The molecule has 0 fully saturated rings. The molecule has 5 nitrogen and oxygen atoms in total. The summed E-state index contributed by atoms with van der Waals surface area (Å²) in [6, 6.07) is 1.65. The van der Waals surface area contributed by atoms with Gasteiger partial charge in [0.05, 0.1) is 26.9 Å². The van der Waals surface area contributed by atoms with Crippen molar-refractivity contribution < 1.29 is 24.1 Å². The minimum Gasteiger partial charge on any atom is -0.507 e. The topological polar surface area (TPSA) is 65.0 Å². The molecule has 0 aliphatic carbocycles. The first kappa shape index (κ1) is 18.6. The molecule has 1 unspecified atom stereocenters. The van der Waals surface area contributed by atoms with Gasteiger partial charge in [-0.3, -0.25) is 0 Å². The smallest absolute Gasteiger partial charge is 0.345 e. The monoisotopic (exact) mass is 336 g/mol. The second-order valence-corrected chi connectivity index (χ2v) is 6.27. The Bertz CT molecular complexity index is 567. The molecule has 5 heteroatoms. The van der Waals surface area contributed by atoms with Gasteiger partial charge >= 0.3 is 5.97 Å². The lowest BCUT2D eigenvalue weighted by atomic mass is 9.93. The largest absolute Gasteiger partial charge is 0.507 e. The predicted molar refractivity (Wildman–Crippen MR) is 91.7 cm³/mol. The lowest BCUT2D eigenvalue weighted by Crippen LogP contribution is -2.23. The van der Waals surface area contributed by atoms with Gasteiger partial charge in [0, 0.05) is 5.56 Å². The van der Waals surface area contributed by atoms with Crippen LogP contribution in [0.4, 0.5) is 0 Å². The van der Waals surface area contributed by atoms with Crippen LogP contribution in [0.3, 0.4) is 0 Å². The van der Waals surface area contributed by atoms with Gasteiger partial charge in [0.2, 0.25) is 0 Å². The summed E-state index contributed by atoms with van der Waals surface area (Å²) in [5.74, 6) is -0.343. The maximum atomic E-state index is 11.9. The molecule has 0 radical (unpaired) electrons. The van der Waals surface area contributed by atoms with Crippen LogP contribution in [0.5, 0.6) is 11.5 Å². The molecule has 1 N–H and O–H groups in total. The van der Waals surface area contributed by atoms with Crippen molar-refractivity contribution in [2.75, 3.05) is 14.2 Å². The van der Waals surface area contributed by atoms with E-state index in [0.29, 0.717) is 12.4 Å². The molecule has 1 aromatic carbocycles. The Morgan fingerprint density at radius 3 is 2.71 bits per heavy atom. The molecule has 1 aliphatic heterocycles. The van der Waals surface area contributed by atoms with Crippen molar-refractivity contribution in [3.8, 4) is 11.5 Å². The van der Waals surface area contributed by atoms with Crippen LogP contribution in [0.1, 0.15) is 66.9 Å². The van der Waals surface area contributed by atoms with Crippen LogP contribution in [0.2, 0.25) is 0 Å². The zero-order valence-electron chi connectivity index (χ0n) is 14.9. The van der Waals surface area contributed by atoms with Gasteiger partial charge in [0.25, 0.3) is 0 Å². The highest BCUT2D eigenvalue weighted by Crippen LogP contribution is 2.39. The fraction of sp³-hybridized carbons (Fsp3) is 0.632. The highest BCUT2D eigenvalue weighted by molar-refractivity contribution is 5.96. The number of carbonyl (C=O) groups excluding carboxylic acids is 1. The lowest BCUT2D eigenvalue weighted by molar-refractivity contribution is 0.0202. The van der Waals surface area contributed by atoms with E-state index in [1.165, 1.54) is 39.9 Å². The molecule has 0 amide bonds. The minimum absolute atomic E-state index is 0.0698. The second kappa shape index (κ2) is 8.92. The van der Waals surface area contributed by atoms with Gasteiger partial charge in [-0.1, -0.05) is 39.0 Å². The first-order valence-corrected chi connectivity index (χ1v) is 8.73. The van der Waals surface area contributed by atoms with E-state index < -0.39 is 5.97 Å². The van der Waals surface area contributed by atoms with E-state index in [1.54, 1.807) is 6.07 Å². The van der Waals surface area contributed by atoms with Crippen LogP contribution in [-0.2, 0) is 22.5 Å². The Morgan fingerprint density at radius 1 is 1.29 bits per heavy atom. The molecule has 24 heavy (non-hydrogen) atoms. The number of hydrogen-bond donors (Lipinski definition) is 1. The number of ether oxygens (including phenoxy) is 3. The Morgan fingerprint density at radius 2 is 2.04 bits per heavy atom. The zero-order chi connectivity index (χ0) is 17.5. The molecule has 1 heterocycles. The standard InChI is InChI=1S/C19H28O5/c1-4-5-6-7-8-9-14-10-13-11-16(20)17(19(21)23-3)18(22-2)15(13)12-24-14/h11,14,20H,4-10,12H2,1-3H3. The fourth-order valence-electron chi connectivity index (χ4n) is 3.27. The second-order valence-electron chi connectivity index (χ2n) is 6.27. The maximum Gasteiger partial charge on any atom is 0.345 e. The fourth-order valence-corrected chi connectivity index (χ4v) is 3.27. The number of esters is 1. The van der Waals surface area contributed by atoms with Gasteiger partial charge in [-0.15, -0.1) is 0 Å². The minimum atomic E-state index is -0.606. The molecule has 1 atom stereocenters. The summed E-state index contributed by atoms with van der Waals surface area (Å²) in [4.78, 5) is 11.9. The van der Waals surface area contributed by atoms with E-state index in [-0.39, 0.29) is 17.4 Å². The van der Waals surface area contributed by atoms with E-state index >= 15 is 0 Å². The number of rotatable bonds is 8. The number of carbonyl (C=O) groups is 1. The number of phenolic OH excluding ortho intramolecular Hbond substituents is 1. The molecule has 1 aliphatic rings. The molecule has 0 saturated carbocycles. The number of fused-ring (bicyclic) bond motifs is 1. The molecular weight excluding hydrogens is 308 g/mol. The molecule has 2 rings (SSSR count).